The number of nitrogens with zero attached hydrogens (tertiary/aromatic N) is 1. The van der Waals surface area contributed by atoms with Gasteiger partial charge in [0.2, 0.25) is 5.91 Å². The van der Waals surface area contributed by atoms with Gasteiger partial charge in [0.25, 0.3) is 0 Å². The van der Waals surface area contributed by atoms with Crippen molar-refractivity contribution in [2.24, 2.45) is 5.92 Å². The van der Waals surface area contributed by atoms with E-state index >= 15 is 0 Å². The van der Waals surface area contributed by atoms with Crippen LogP contribution in [0.3, 0.4) is 0 Å². The van der Waals surface area contributed by atoms with Crippen molar-refractivity contribution < 1.29 is 4.79 Å². The summed E-state index contributed by atoms with van der Waals surface area (Å²) in [5, 5.41) is 6.28. The van der Waals surface area contributed by atoms with Crippen LogP contribution in [0.4, 0.5) is 0 Å². The van der Waals surface area contributed by atoms with Crippen LogP contribution in [0.5, 0.6) is 0 Å². The third-order valence-corrected chi connectivity index (χ3v) is 3.37. The van der Waals surface area contributed by atoms with Crippen molar-refractivity contribution in [3.63, 3.8) is 0 Å². The standard InChI is InChI=1S/C12H25N3O/c1-4-11(15(5-2)6-3)12(16)14-9-10-7-13-8-10/h10-11,13H,4-9H2,1-3H3,(H,14,16). The van der Waals surface area contributed by atoms with Crippen molar-refractivity contribution in [3.8, 4) is 0 Å². The summed E-state index contributed by atoms with van der Waals surface area (Å²) in [6.45, 7) is 11.1. The first-order chi connectivity index (χ1) is 7.72. The summed E-state index contributed by atoms with van der Waals surface area (Å²) in [4.78, 5) is 14.2. The van der Waals surface area contributed by atoms with E-state index in [2.05, 4.69) is 36.3 Å². The average Bonchev–Trinajstić information content (AvgIpc) is 2.23. The van der Waals surface area contributed by atoms with Gasteiger partial charge in [0.15, 0.2) is 0 Å². The van der Waals surface area contributed by atoms with Gasteiger partial charge in [0, 0.05) is 25.6 Å². The van der Waals surface area contributed by atoms with Gasteiger partial charge in [0.05, 0.1) is 6.04 Å². The highest BCUT2D eigenvalue weighted by Crippen LogP contribution is 2.05. The SMILES string of the molecule is CCC(C(=O)NCC1CNC1)N(CC)CC. The zero-order chi connectivity index (χ0) is 12.0. The first kappa shape index (κ1) is 13.5. The summed E-state index contributed by atoms with van der Waals surface area (Å²) in [6.07, 6.45) is 0.885. The molecule has 1 heterocycles. The maximum Gasteiger partial charge on any atom is 0.237 e. The Morgan fingerprint density at radius 3 is 2.38 bits per heavy atom. The highest BCUT2D eigenvalue weighted by molar-refractivity contribution is 5.81. The molecule has 1 unspecified atom stereocenters. The Labute approximate surface area is 98.8 Å². The Morgan fingerprint density at radius 2 is 2.00 bits per heavy atom. The first-order valence-corrected chi connectivity index (χ1v) is 6.45. The number of nitrogens with one attached hydrogen (secondary N) is 2. The average molecular weight is 227 g/mol. The van der Waals surface area contributed by atoms with Crippen LogP contribution in [0.1, 0.15) is 27.2 Å². The minimum absolute atomic E-state index is 0.0445. The van der Waals surface area contributed by atoms with E-state index in [0.717, 1.165) is 39.1 Å². The topological polar surface area (TPSA) is 44.4 Å². The number of carbonyl (C=O) groups excluding carboxylic acids is 1. The molecular weight excluding hydrogens is 202 g/mol. The molecule has 1 rings (SSSR count). The molecule has 4 heteroatoms. The second-order valence-electron chi connectivity index (χ2n) is 4.41. The molecule has 0 aromatic rings. The van der Waals surface area contributed by atoms with E-state index in [1.807, 2.05) is 0 Å². The number of carbonyl (C=O) groups is 1. The number of rotatable bonds is 7. The van der Waals surface area contributed by atoms with Gasteiger partial charge in [-0.1, -0.05) is 20.8 Å². The monoisotopic (exact) mass is 227 g/mol. The van der Waals surface area contributed by atoms with Crippen LogP contribution in [-0.2, 0) is 4.79 Å². The summed E-state index contributed by atoms with van der Waals surface area (Å²) in [5.74, 6) is 0.830. The highest BCUT2D eigenvalue weighted by Gasteiger charge is 2.23. The van der Waals surface area contributed by atoms with Gasteiger partial charge in [-0.15, -0.1) is 0 Å². The van der Waals surface area contributed by atoms with Crippen molar-refractivity contribution in [1.82, 2.24) is 15.5 Å². The fourth-order valence-electron chi connectivity index (χ4n) is 2.13. The van der Waals surface area contributed by atoms with Crippen LogP contribution >= 0.6 is 0 Å². The zero-order valence-corrected chi connectivity index (χ0v) is 10.8. The largest absolute Gasteiger partial charge is 0.354 e. The number of amides is 1. The van der Waals surface area contributed by atoms with E-state index in [1.54, 1.807) is 0 Å². The molecule has 1 fully saturated rings. The summed E-state index contributed by atoms with van der Waals surface area (Å²) in [6, 6.07) is 0.0445. The molecular formula is C12H25N3O. The molecule has 1 amide bonds. The predicted molar refractivity (Wildman–Crippen MR) is 66.4 cm³/mol. The normalized spacial score (nSPS) is 18.2. The van der Waals surface area contributed by atoms with E-state index in [4.69, 9.17) is 0 Å². The van der Waals surface area contributed by atoms with Crippen LogP contribution in [-0.4, -0.2) is 49.6 Å². The van der Waals surface area contributed by atoms with Crippen LogP contribution in [0, 0.1) is 5.92 Å². The summed E-state index contributed by atoms with van der Waals surface area (Å²) in [7, 11) is 0. The van der Waals surface area contributed by atoms with E-state index in [1.165, 1.54) is 0 Å². The Balaban J connectivity index is 2.34. The fourth-order valence-corrected chi connectivity index (χ4v) is 2.13. The smallest absolute Gasteiger partial charge is 0.237 e. The predicted octanol–water partition coefficient (Wildman–Crippen LogP) is 0.442. The molecule has 0 spiro atoms. The molecule has 0 aromatic heterocycles. The molecule has 1 atom stereocenters. The second kappa shape index (κ2) is 6.86. The van der Waals surface area contributed by atoms with Gasteiger partial charge in [-0.25, -0.2) is 0 Å². The lowest BCUT2D eigenvalue weighted by atomic mass is 10.0. The van der Waals surface area contributed by atoms with E-state index < -0.39 is 0 Å². The van der Waals surface area contributed by atoms with Crippen molar-refractivity contribution in [3.05, 3.63) is 0 Å². The molecule has 0 aromatic carbocycles. The van der Waals surface area contributed by atoms with Crippen LogP contribution in [0.25, 0.3) is 0 Å². The Hall–Kier alpha value is -0.610. The molecule has 2 N–H and O–H groups in total. The van der Waals surface area contributed by atoms with Crippen LogP contribution < -0.4 is 10.6 Å². The molecule has 1 aliphatic rings. The summed E-state index contributed by atoms with van der Waals surface area (Å²) in [5.41, 5.74) is 0. The summed E-state index contributed by atoms with van der Waals surface area (Å²) >= 11 is 0. The molecule has 94 valence electrons. The molecule has 16 heavy (non-hydrogen) atoms. The molecule has 0 aliphatic carbocycles. The van der Waals surface area contributed by atoms with E-state index in [0.29, 0.717) is 5.92 Å². The molecule has 1 saturated heterocycles. The Morgan fingerprint density at radius 1 is 1.38 bits per heavy atom. The van der Waals surface area contributed by atoms with Gasteiger partial charge in [0.1, 0.15) is 0 Å². The van der Waals surface area contributed by atoms with Crippen LogP contribution in [0.15, 0.2) is 0 Å². The minimum Gasteiger partial charge on any atom is -0.354 e. The van der Waals surface area contributed by atoms with Crippen LogP contribution in [0.2, 0.25) is 0 Å². The third kappa shape index (κ3) is 3.46. The van der Waals surface area contributed by atoms with Gasteiger partial charge < -0.3 is 10.6 Å². The van der Waals surface area contributed by atoms with E-state index in [-0.39, 0.29) is 11.9 Å². The second-order valence-corrected chi connectivity index (χ2v) is 4.41. The molecule has 4 nitrogen and oxygen atoms in total. The molecule has 1 aliphatic heterocycles. The fraction of sp³-hybridized carbons (Fsp3) is 0.917. The van der Waals surface area contributed by atoms with Gasteiger partial charge in [-0.3, -0.25) is 9.69 Å². The first-order valence-electron chi connectivity index (χ1n) is 6.45. The number of likely N-dealkylation sites (N-methyl/N-ethyl adjacent to an activating group) is 1. The van der Waals surface area contributed by atoms with Gasteiger partial charge in [-0.05, 0) is 19.5 Å². The van der Waals surface area contributed by atoms with Crippen molar-refractivity contribution in [2.75, 3.05) is 32.7 Å². The lowest BCUT2D eigenvalue weighted by Crippen LogP contribution is -2.52. The lowest BCUT2D eigenvalue weighted by Gasteiger charge is -2.30. The Kier molecular flexibility index (Phi) is 5.77. The lowest BCUT2D eigenvalue weighted by molar-refractivity contribution is -0.126. The summed E-state index contributed by atoms with van der Waals surface area (Å²) < 4.78 is 0. The third-order valence-electron chi connectivity index (χ3n) is 3.37. The van der Waals surface area contributed by atoms with Gasteiger partial charge in [-0.2, -0.15) is 0 Å². The number of hydrogen-bond donors (Lipinski definition) is 2. The maximum absolute atomic E-state index is 12.0. The molecule has 0 bridgehead atoms. The highest BCUT2D eigenvalue weighted by atomic mass is 16.2. The quantitative estimate of drug-likeness (QED) is 0.663. The molecule has 0 saturated carbocycles. The zero-order valence-electron chi connectivity index (χ0n) is 10.8. The van der Waals surface area contributed by atoms with E-state index in [9.17, 15) is 4.79 Å². The maximum atomic E-state index is 12.0. The van der Waals surface area contributed by atoms with Crippen molar-refractivity contribution in [2.45, 2.75) is 33.2 Å². The van der Waals surface area contributed by atoms with Crippen molar-refractivity contribution in [1.29, 1.82) is 0 Å². The van der Waals surface area contributed by atoms with Crippen molar-refractivity contribution >= 4 is 5.91 Å². The van der Waals surface area contributed by atoms with Gasteiger partial charge >= 0.3 is 0 Å². The Bertz CT molecular complexity index is 212. The minimum atomic E-state index is 0.0445. The molecule has 0 radical (unpaired) electrons. The number of hydrogen-bond acceptors (Lipinski definition) is 3.